The van der Waals surface area contributed by atoms with E-state index in [1.165, 1.54) is 5.56 Å². The van der Waals surface area contributed by atoms with Crippen molar-refractivity contribution in [1.82, 2.24) is 5.32 Å². The average molecular weight is 445 g/mol. The summed E-state index contributed by atoms with van der Waals surface area (Å²) >= 11 is 0. The van der Waals surface area contributed by atoms with Crippen molar-refractivity contribution in [3.05, 3.63) is 89.5 Å². The molecule has 3 aromatic rings. The van der Waals surface area contributed by atoms with Gasteiger partial charge in [-0.25, -0.2) is 0 Å². The van der Waals surface area contributed by atoms with Gasteiger partial charge in [-0.2, -0.15) is 0 Å². The molecule has 4 N–H and O–H groups in total. The van der Waals surface area contributed by atoms with Crippen LogP contribution in [0.1, 0.15) is 40.4 Å². The van der Waals surface area contributed by atoms with Gasteiger partial charge in [0.15, 0.2) is 6.29 Å². The van der Waals surface area contributed by atoms with Gasteiger partial charge in [-0.05, 0) is 66.6 Å². The van der Waals surface area contributed by atoms with Crippen LogP contribution in [0.15, 0.2) is 77.8 Å². The number of carbonyl (C=O) groups excluding carboxylic acids is 1. The van der Waals surface area contributed by atoms with Crippen molar-refractivity contribution in [2.45, 2.75) is 25.2 Å². The molecule has 7 heteroatoms. The van der Waals surface area contributed by atoms with Gasteiger partial charge >= 0.3 is 0 Å². The van der Waals surface area contributed by atoms with Crippen molar-refractivity contribution in [3.8, 4) is 5.75 Å². The highest BCUT2D eigenvalue weighted by Crippen LogP contribution is 2.21. The highest BCUT2D eigenvalue weighted by atomic mass is 16.5. The molecule has 0 bridgehead atoms. The molecule has 0 spiro atoms. The number of benzene rings is 3. The molecule has 170 valence electrons. The molecule has 33 heavy (non-hydrogen) atoms. The molecule has 7 nitrogen and oxygen atoms in total. The number of aliphatic imine (C=N–C) groups is 1. The number of aliphatic hydroxyl groups excluding tert-OH is 1. The van der Waals surface area contributed by atoms with E-state index in [4.69, 9.17) is 4.74 Å². The number of hydrogen-bond acceptors (Lipinski definition) is 6. The molecule has 0 saturated carbocycles. The Labute approximate surface area is 193 Å². The summed E-state index contributed by atoms with van der Waals surface area (Å²) < 4.78 is 5.21. The quantitative estimate of drug-likeness (QED) is 0.439. The number of methoxy groups -OCH3 is 1. The van der Waals surface area contributed by atoms with Crippen LogP contribution in [0.4, 0.5) is 11.4 Å². The number of rotatable bonds is 7. The molecule has 3 atom stereocenters. The second-order valence-corrected chi connectivity index (χ2v) is 7.96. The van der Waals surface area contributed by atoms with Gasteiger partial charge in [-0.1, -0.05) is 24.3 Å². The number of carbonyl (C=O) groups is 1. The normalized spacial score (nSPS) is 18.4. The Hall–Kier alpha value is -3.68. The molecule has 1 aliphatic rings. The third-order valence-electron chi connectivity index (χ3n) is 5.59. The second-order valence-electron chi connectivity index (χ2n) is 7.96. The minimum Gasteiger partial charge on any atom is -0.497 e. The van der Waals surface area contributed by atoms with Crippen LogP contribution in [0, 0.1) is 0 Å². The highest BCUT2D eigenvalue weighted by molar-refractivity contribution is 6.04. The molecule has 3 unspecified atom stereocenters. The Balaban J connectivity index is 1.31. The first-order valence-corrected chi connectivity index (χ1v) is 10.9. The minimum atomic E-state index is -0.536. The summed E-state index contributed by atoms with van der Waals surface area (Å²) in [5.74, 6) is 0.850. The average Bonchev–Trinajstić information content (AvgIpc) is 2.85. The molecular formula is C26H28N4O3. The number of aliphatic hydroxyl groups is 1. The predicted molar refractivity (Wildman–Crippen MR) is 131 cm³/mol. The molecule has 0 radical (unpaired) electrons. The van der Waals surface area contributed by atoms with Gasteiger partial charge in [0.25, 0.3) is 5.91 Å². The van der Waals surface area contributed by atoms with Crippen molar-refractivity contribution in [2.75, 3.05) is 24.3 Å². The van der Waals surface area contributed by atoms with Gasteiger partial charge in [-0.3, -0.25) is 15.1 Å². The summed E-state index contributed by atoms with van der Waals surface area (Å²) in [4.78, 5) is 17.1. The molecule has 1 aliphatic heterocycles. The summed E-state index contributed by atoms with van der Waals surface area (Å²) in [5, 5.41) is 19.2. The fraction of sp³-hybridized carbons (Fsp3) is 0.231. The molecule has 0 saturated heterocycles. The van der Waals surface area contributed by atoms with Crippen molar-refractivity contribution in [1.29, 1.82) is 0 Å². The summed E-state index contributed by atoms with van der Waals surface area (Å²) in [6, 6.07) is 22.4. The van der Waals surface area contributed by atoms with Gasteiger partial charge in [-0.15, -0.1) is 0 Å². The van der Waals surface area contributed by atoms with Gasteiger partial charge in [0.2, 0.25) is 0 Å². The second kappa shape index (κ2) is 10.3. The number of hydrogen-bond donors (Lipinski definition) is 4. The van der Waals surface area contributed by atoms with E-state index in [0.717, 1.165) is 23.5 Å². The summed E-state index contributed by atoms with van der Waals surface area (Å²) in [7, 11) is 1.66. The monoisotopic (exact) mass is 444 g/mol. The third-order valence-corrected chi connectivity index (χ3v) is 5.59. The summed E-state index contributed by atoms with van der Waals surface area (Å²) in [6.45, 7) is 2.47. The van der Waals surface area contributed by atoms with Gasteiger partial charge in [0.05, 0.1) is 13.2 Å². The fourth-order valence-corrected chi connectivity index (χ4v) is 3.60. The van der Waals surface area contributed by atoms with Crippen LogP contribution < -0.4 is 20.7 Å². The maximum Gasteiger partial charge on any atom is 0.255 e. The van der Waals surface area contributed by atoms with Crippen LogP contribution in [-0.4, -0.2) is 37.2 Å². The number of nitrogens with one attached hydrogen (secondary N) is 3. The minimum absolute atomic E-state index is 0.192. The van der Waals surface area contributed by atoms with Crippen LogP contribution in [0.5, 0.6) is 5.75 Å². The Kier molecular flexibility index (Phi) is 7.02. The lowest BCUT2D eigenvalue weighted by atomic mass is 9.99. The van der Waals surface area contributed by atoms with Gasteiger partial charge in [0.1, 0.15) is 5.75 Å². The summed E-state index contributed by atoms with van der Waals surface area (Å²) in [6.07, 6.45) is 1.19. The maximum atomic E-state index is 12.5. The number of nitrogens with zero attached hydrogens (tertiary/aromatic N) is 1. The topological polar surface area (TPSA) is 95.0 Å². The highest BCUT2D eigenvalue weighted by Gasteiger charge is 2.17. The zero-order chi connectivity index (χ0) is 23.2. The smallest absolute Gasteiger partial charge is 0.255 e. The number of ether oxygens (including phenoxy) is 1. The van der Waals surface area contributed by atoms with Crippen molar-refractivity contribution in [3.63, 3.8) is 0 Å². The molecule has 0 aromatic heterocycles. The third kappa shape index (κ3) is 5.77. The standard InChI is InChI=1S/C26H28N4O3/c1-17(31)18-3-9-22(10-4-18)29-25(32)20-5-11-23(12-6-20)30-26-27-15-21(16-28-26)19-7-13-24(33-2)14-8-19/h3-15,17,21,26,28,30-31H,16H2,1-2H3,(H,29,32). The molecule has 3 aromatic carbocycles. The van der Waals surface area contributed by atoms with E-state index in [-0.39, 0.29) is 18.1 Å². The number of amides is 1. The van der Waals surface area contributed by atoms with E-state index in [1.54, 1.807) is 50.4 Å². The number of anilines is 2. The Morgan fingerprint density at radius 3 is 2.27 bits per heavy atom. The van der Waals surface area contributed by atoms with Crippen molar-refractivity contribution in [2.24, 2.45) is 4.99 Å². The van der Waals surface area contributed by atoms with Crippen LogP contribution >= 0.6 is 0 Å². The maximum absolute atomic E-state index is 12.5. The fourth-order valence-electron chi connectivity index (χ4n) is 3.60. The van der Waals surface area contributed by atoms with Crippen molar-refractivity contribution >= 4 is 23.5 Å². The van der Waals surface area contributed by atoms with Gasteiger partial charge in [0, 0.05) is 35.6 Å². The van der Waals surface area contributed by atoms with Crippen LogP contribution in [0.25, 0.3) is 0 Å². The van der Waals surface area contributed by atoms with Gasteiger partial charge < -0.3 is 20.5 Å². The predicted octanol–water partition coefficient (Wildman–Crippen LogP) is 4.15. The molecule has 4 rings (SSSR count). The first kappa shape index (κ1) is 22.5. The zero-order valence-corrected chi connectivity index (χ0v) is 18.7. The van der Waals surface area contributed by atoms with E-state index in [1.807, 2.05) is 30.5 Å². The summed E-state index contributed by atoms with van der Waals surface area (Å²) in [5.41, 5.74) is 4.09. The zero-order valence-electron chi connectivity index (χ0n) is 18.7. The van der Waals surface area contributed by atoms with Crippen LogP contribution in [-0.2, 0) is 0 Å². The molecule has 0 aliphatic carbocycles. The largest absolute Gasteiger partial charge is 0.497 e. The first-order valence-electron chi connectivity index (χ1n) is 10.9. The van der Waals surface area contributed by atoms with E-state index in [2.05, 4.69) is 33.1 Å². The Morgan fingerprint density at radius 2 is 1.70 bits per heavy atom. The van der Waals surface area contributed by atoms with Crippen LogP contribution in [0.3, 0.4) is 0 Å². The lowest BCUT2D eigenvalue weighted by Crippen LogP contribution is -2.41. The van der Waals surface area contributed by atoms with E-state index < -0.39 is 6.10 Å². The van der Waals surface area contributed by atoms with Crippen molar-refractivity contribution < 1.29 is 14.6 Å². The molecule has 0 fully saturated rings. The van der Waals surface area contributed by atoms with E-state index >= 15 is 0 Å². The lowest BCUT2D eigenvalue weighted by molar-refractivity contribution is 0.102. The van der Waals surface area contributed by atoms with Crippen LogP contribution in [0.2, 0.25) is 0 Å². The Bertz CT molecular complexity index is 1090. The Morgan fingerprint density at radius 1 is 1.03 bits per heavy atom. The molecule has 1 amide bonds. The van der Waals surface area contributed by atoms with E-state index in [0.29, 0.717) is 11.3 Å². The lowest BCUT2D eigenvalue weighted by Gasteiger charge is -2.25. The SMILES string of the molecule is COc1ccc(C2C=NC(Nc3ccc(C(=O)Nc4ccc(C(C)O)cc4)cc3)NC2)cc1. The molecular weight excluding hydrogens is 416 g/mol. The molecule has 1 heterocycles. The van der Waals surface area contributed by atoms with E-state index in [9.17, 15) is 9.90 Å². The first-order chi connectivity index (χ1) is 16.0.